The number of anilines is 1. The van der Waals surface area contributed by atoms with Crippen molar-refractivity contribution >= 4 is 28.5 Å². The molecule has 0 bridgehead atoms. The van der Waals surface area contributed by atoms with Crippen LogP contribution in [0.2, 0.25) is 0 Å². The number of benzene rings is 2. The highest BCUT2D eigenvalue weighted by molar-refractivity contribution is 7.99. The number of nitrogens with zero attached hydrogens (tertiary/aromatic N) is 3. The number of hydrogen-bond acceptors (Lipinski definition) is 7. The molecule has 40 heavy (non-hydrogen) atoms. The van der Waals surface area contributed by atoms with E-state index in [9.17, 15) is 22.4 Å². The van der Waals surface area contributed by atoms with Crippen LogP contribution in [0.25, 0.3) is 22.0 Å². The largest absolute Gasteiger partial charge is 0.417 e. The second-order valence-electron chi connectivity index (χ2n) is 10.1. The number of rotatable bonds is 6. The van der Waals surface area contributed by atoms with Crippen LogP contribution in [0.15, 0.2) is 34.0 Å². The van der Waals surface area contributed by atoms with Crippen LogP contribution >= 0.6 is 11.8 Å². The fourth-order valence-electron chi connectivity index (χ4n) is 5.46. The van der Waals surface area contributed by atoms with Crippen molar-refractivity contribution in [3.8, 4) is 11.1 Å². The van der Waals surface area contributed by atoms with E-state index in [1.54, 1.807) is 0 Å². The third kappa shape index (κ3) is 5.56. The van der Waals surface area contributed by atoms with E-state index in [2.05, 4.69) is 10.3 Å². The molecular formula is C27H29F5N4O3S. The summed E-state index contributed by atoms with van der Waals surface area (Å²) in [6, 6.07) is 3.42. The topological polar surface area (TPSA) is 68.6 Å². The first kappa shape index (κ1) is 28.8. The van der Waals surface area contributed by atoms with E-state index in [1.165, 1.54) is 11.7 Å². The van der Waals surface area contributed by atoms with Crippen molar-refractivity contribution in [3.63, 3.8) is 0 Å². The number of nitrogens with one attached hydrogen (secondary N) is 1. The molecule has 0 spiro atoms. The van der Waals surface area contributed by atoms with Gasteiger partial charge in [0.2, 0.25) is 0 Å². The van der Waals surface area contributed by atoms with Crippen molar-refractivity contribution in [1.29, 1.82) is 0 Å². The lowest BCUT2D eigenvalue weighted by Crippen LogP contribution is -2.55. The van der Waals surface area contributed by atoms with Crippen LogP contribution < -0.4 is 15.9 Å². The maximum absolute atomic E-state index is 15.1. The zero-order chi connectivity index (χ0) is 28.8. The number of hydrogen-bond donors (Lipinski definition) is 1. The van der Waals surface area contributed by atoms with Crippen molar-refractivity contribution in [2.45, 2.75) is 49.7 Å². The molecule has 13 heteroatoms. The molecule has 1 saturated heterocycles. The minimum absolute atomic E-state index is 0.000737. The maximum atomic E-state index is 15.1. The second-order valence-corrected chi connectivity index (χ2v) is 11.2. The molecule has 1 N–H and O–H groups in total. The molecule has 0 amide bonds. The summed E-state index contributed by atoms with van der Waals surface area (Å²) in [4.78, 5) is 19.7. The first-order valence-corrected chi connectivity index (χ1v) is 13.8. The van der Waals surface area contributed by atoms with Gasteiger partial charge in [0.1, 0.15) is 17.5 Å². The molecular weight excluding hydrogens is 555 g/mol. The molecule has 0 radical (unpaired) electrons. The highest BCUT2D eigenvalue weighted by atomic mass is 32.2. The first-order valence-electron chi connectivity index (χ1n) is 12.9. The predicted octanol–water partition coefficient (Wildman–Crippen LogP) is 4.68. The van der Waals surface area contributed by atoms with E-state index >= 15 is 4.39 Å². The SMILES string of the molecule is COCCOC1CSc2c(-c3ccc(F)cc3F)c(C(F)(F)F)cc3c(N4CC(C)NC(C)C4)nc(=O)n(c23)C1. The van der Waals surface area contributed by atoms with E-state index in [0.717, 1.165) is 30.0 Å². The number of thioether (sulfide) groups is 1. The smallest absolute Gasteiger partial charge is 0.382 e. The van der Waals surface area contributed by atoms with Gasteiger partial charge in [0, 0.05) is 65.5 Å². The van der Waals surface area contributed by atoms with Gasteiger partial charge in [0.15, 0.2) is 0 Å². The van der Waals surface area contributed by atoms with Crippen LogP contribution in [0, 0.1) is 11.6 Å². The Morgan fingerprint density at radius 3 is 2.48 bits per heavy atom. The van der Waals surface area contributed by atoms with Crippen LogP contribution in [0.3, 0.4) is 0 Å². The molecule has 2 aliphatic heterocycles. The van der Waals surface area contributed by atoms with E-state index in [4.69, 9.17) is 9.47 Å². The van der Waals surface area contributed by atoms with E-state index in [1.807, 2.05) is 18.7 Å². The third-order valence-corrected chi connectivity index (χ3v) is 8.23. The Bertz CT molecular complexity index is 1470. The molecule has 7 nitrogen and oxygen atoms in total. The number of piperazine rings is 1. The lowest BCUT2D eigenvalue weighted by Gasteiger charge is -2.37. The molecule has 0 saturated carbocycles. The lowest BCUT2D eigenvalue weighted by atomic mass is 9.95. The van der Waals surface area contributed by atoms with Gasteiger partial charge in [-0.25, -0.2) is 13.6 Å². The van der Waals surface area contributed by atoms with E-state index in [0.29, 0.717) is 25.8 Å². The number of aromatic nitrogens is 2. The van der Waals surface area contributed by atoms with Crippen molar-refractivity contribution in [2.24, 2.45) is 0 Å². The van der Waals surface area contributed by atoms with Gasteiger partial charge in [-0.2, -0.15) is 18.2 Å². The Labute approximate surface area is 231 Å². The van der Waals surface area contributed by atoms with Gasteiger partial charge in [-0.15, -0.1) is 11.8 Å². The zero-order valence-electron chi connectivity index (χ0n) is 22.1. The van der Waals surface area contributed by atoms with Gasteiger partial charge in [-0.1, -0.05) is 0 Å². The lowest BCUT2D eigenvalue weighted by molar-refractivity contribution is -0.137. The predicted molar refractivity (Wildman–Crippen MR) is 143 cm³/mol. The van der Waals surface area contributed by atoms with Gasteiger partial charge in [-0.05, 0) is 32.0 Å². The van der Waals surface area contributed by atoms with E-state index < -0.39 is 46.3 Å². The molecule has 1 fully saturated rings. The zero-order valence-corrected chi connectivity index (χ0v) is 23.0. The van der Waals surface area contributed by atoms with Crippen LogP contribution in [0.1, 0.15) is 19.4 Å². The molecule has 3 aromatic rings. The summed E-state index contributed by atoms with van der Waals surface area (Å²) in [5.41, 5.74) is -2.35. The molecule has 5 rings (SSSR count). The van der Waals surface area contributed by atoms with Crippen molar-refractivity contribution < 1.29 is 31.4 Å². The Hall–Kier alpha value is -2.74. The van der Waals surface area contributed by atoms with Crippen LogP contribution in [0.5, 0.6) is 0 Å². The van der Waals surface area contributed by atoms with Crippen LogP contribution in [-0.2, 0) is 22.2 Å². The molecule has 0 aliphatic carbocycles. The molecule has 2 aromatic carbocycles. The molecule has 3 heterocycles. The monoisotopic (exact) mass is 584 g/mol. The van der Waals surface area contributed by atoms with Gasteiger partial charge in [0.05, 0.1) is 36.9 Å². The summed E-state index contributed by atoms with van der Waals surface area (Å²) in [5.74, 6) is -1.71. The highest BCUT2D eigenvalue weighted by Gasteiger charge is 2.39. The summed E-state index contributed by atoms with van der Waals surface area (Å²) in [6.45, 7) is 5.29. The summed E-state index contributed by atoms with van der Waals surface area (Å²) in [5, 5.41) is 3.51. The van der Waals surface area contributed by atoms with Crippen molar-refractivity contribution in [1.82, 2.24) is 14.9 Å². The van der Waals surface area contributed by atoms with Gasteiger partial charge >= 0.3 is 11.9 Å². The number of ether oxygens (including phenoxy) is 2. The highest BCUT2D eigenvalue weighted by Crippen LogP contribution is 2.48. The molecule has 1 aromatic heterocycles. The average molecular weight is 585 g/mol. The second kappa shape index (κ2) is 11.3. The first-order chi connectivity index (χ1) is 19.0. The Morgan fingerprint density at radius 1 is 1.10 bits per heavy atom. The fourth-order valence-corrected chi connectivity index (χ4v) is 6.73. The number of halogens is 5. The third-order valence-electron chi connectivity index (χ3n) is 7.00. The summed E-state index contributed by atoms with van der Waals surface area (Å²) < 4.78 is 85.3. The maximum Gasteiger partial charge on any atom is 0.417 e. The molecule has 3 atom stereocenters. The average Bonchev–Trinajstić information content (AvgIpc) is 3.06. The summed E-state index contributed by atoms with van der Waals surface area (Å²) >= 11 is 1.05. The normalized spacial score (nSPS) is 21.6. The molecule has 216 valence electrons. The minimum Gasteiger partial charge on any atom is -0.382 e. The Morgan fingerprint density at radius 2 is 1.82 bits per heavy atom. The Balaban J connectivity index is 1.83. The van der Waals surface area contributed by atoms with Crippen molar-refractivity contribution in [2.75, 3.05) is 44.1 Å². The van der Waals surface area contributed by atoms with Crippen LogP contribution in [0.4, 0.5) is 27.8 Å². The van der Waals surface area contributed by atoms with E-state index in [-0.39, 0.29) is 52.6 Å². The molecule has 2 aliphatic rings. The fraction of sp³-hybridized carbons (Fsp3) is 0.481. The standard InChI is InChI=1S/C27H29F5N4O3S/c1-14-10-35(11-15(2)33-14)25-19-9-20(27(30,31)32)22(18-5-4-16(28)8-21(18)29)24-23(19)36(26(37)34-25)12-17(13-40-24)39-7-6-38-3/h4-5,8-9,14-15,17,33H,6-7,10-13H2,1-3H3. The number of methoxy groups -OCH3 is 1. The van der Waals surface area contributed by atoms with Gasteiger partial charge in [0.25, 0.3) is 0 Å². The van der Waals surface area contributed by atoms with Gasteiger partial charge < -0.3 is 19.7 Å². The van der Waals surface area contributed by atoms with Crippen molar-refractivity contribution in [3.05, 3.63) is 51.9 Å². The molecule has 3 unspecified atom stereocenters. The minimum atomic E-state index is -4.88. The summed E-state index contributed by atoms with van der Waals surface area (Å²) in [7, 11) is 1.51. The Kier molecular flexibility index (Phi) is 8.10. The quantitative estimate of drug-likeness (QED) is 0.333. The summed E-state index contributed by atoms with van der Waals surface area (Å²) in [6.07, 6.45) is -5.44. The number of alkyl halides is 3. The van der Waals surface area contributed by atoms with Crippen LogP contribution in [-0.4, -0.2) is 66.9 Å². The van der Waals surface area contributed by atoms with Gasteiger partial charge in [-0.3, -0.25) is 4.57 Å².